The first-order valence-corrected chi connectivity index (χ1v) is 7.42. The number of hydrogen-bond donors (Lipinski definition) is 1. The minimum absolute atomic E-state index is 0.0681. The number of hydrogen-bond acceptors (Lipinski definition) is 3. The van der Waals surface area contributed by atoms with E-state index in [1.807, 2.05) is 12.1 Å². The molecule has 1 aromatic carbocycles. The summed E-state index contributed by atoms with van der Waals surface area (Å²) in [6.45, 7) is 4.21. The van der Waals surface area contributed by atoms with Crippen molar-refractivity contribution in [2.45, 2.75) is 38.7 Å². The van der Waals surface area contributed by atoms with Gasteiger partial charge in [0.1, 0.15) is 5.75 Å². The molecule has 1 atom stereocenters. The van der Waals surface area contributed by atoms with Crippen LogP contribution in [-0.4, -0.2) is 31.8 Å². The van der Waals surface area contributed by atoms with E-state index in [0.29, 0.717) is 18.7 Å². The van der Waals surface area contributed by atoms with E-state index in [9.17, 15) is 4.79 Å². The molecular formula is C16H23NO3. The van der Waals surface area contributed by atoms with Gasteiger partial charge in [0, 0.05) is 18.7 Å². The van der Waals surface area contributed by atoms with Crippen molar-refractivity contribution in [1.29, 1.82) is 0 Å². The number of rotatable bonds is 7. The van der Waals surface area contributed by atoms with Gasteiger partial charge in [0.15, 0.2) is 0 Å². The molecule has 2 rings (SSSR count). The van der Waals surface area contributed by atoms with Crippen molar-refractivity contribution in [1.82, 2.24) is 5.32 Å². The predicted octanol–water partition coefficient (Wildman–Crippen LogP) is 2.77. The molecule has 1 aromatic rings. The smallest absolute Gasteiger partial charge is 0.251 e. The highest BCUT2D eigenvalue weighted by molar-refractivity contribution is 5.94. The molecular weight excluding hydrogens is 254 g/mol. The lowest BCUT2D eigenvalue weighted by Crippen LogP contribution is -2.31. The Kier molecular flexibility index (Phi) is 5.87. The Labute approximate surface area is 120 Å². The second-order valence-electron chi connectivity index (χ2n) is 5.07. The van der Waals surface area contributed by atoms with Crippen LogP contribution in [0.5, 0.6) is 5.75 Å². The Morgan fingerprint density at radius 1 is 1.50 bits per heavy atom. The predicted molar refractivity (Wildman–Crippen MR) is 78.2 cm³/mol. The van der Waals surface area contributed by atoms with Gasteiger partial charge in [-0.3, -0.25) is 4.79 Å². The zero-order valence-electron chi connectivity index (χ0n) is 12.1. The van der Waals surface area contributed by atoms with Crippen molar-refractivity contribution >= 4 is 5.91 Å². The SMILES string of the molecule is CCCCOc1cccc(C(=O)NCC2CCCO2)c1. The average Bonchev–Trinajstić information content (AvgIpc) is 2.99. The summed E-state index contributed by atoms with van der Waals surface area (Å²) in [5, 5.41) is 2.92. The molecule has 1 amide bonds. The third kappa shape index (κ3) is 4.53. The maximum atomic E-state index is 12.1. The Hall–Kier alpha value is -1.55. The van der Waals surface area contributed by atoms with Gasteiger partial charge in [0.2, 0.25) is 0 Å². The standard InChI is InChI=1S/C16H23NO3/c1-2-3-9-19-14-7-4-6-13(11-14)16(18)17-12-15-8-5-10-20-15/h4,6-7,11,15H,2-3,5,8-10,12H2,1H3,(H,17,18). The van der Waals surface area contributed by atoms with Crippen molar-refractivity contribution in [3.05, 3.63) is 29.8 Å². The van der Waals surface area contributed by atoms with E-state index in [0.717, 1.165) is 38.0 Å². The first-order valence-electron chi connectivity index (χ1n) is 7.42. The van der Waals surface area contributed by atoms with Crippen molar-refractivity contribution in [2.75, 3.05) is 19.8 Å². The van der Waals surface area contributed by atoms with Crippen molar-refractivity contribution < 1.29 is 14.3 Å². The fraction of sp³-hybridized carbons (Fsp3) is 0.562. The zero-order chi connectivity index (χ0) is 14.2. The number of carbonyl (C=O) groups excluding carboxylic acids is 1. The maximum Gasteiger partial charge on any atom is 0.251 e. The highest BCUT2D eigenvalue weighted by Crippen LogP contribution is 2.14. The van der Waals surface area contributed by atoms with E-state index in [2.05, 4.69) is 12.2 Å². The lowest BCUT2D eigenvalue weighted by atomic mass is 10.2. The van der Waals surface area contributed by atoms with Gasteiger partial charge in [-0.1, -0.05) is 19.4 Å². The molecule has 1 unspecified atom stereocenters. The van der Waals surface area contributed by atoms with Gasteiger partial charge in [-0.05, 0) is 37.5 Å². The Morgan fingerprint density at radius 3 is 3.15 bits per heavy atom. The quantitative estimate of drug-likeness (QED) is 0.780. The summed E-state index contributed by atoms with van der Waals surface area (Å²) in [7, 11) is 0. The fourth-order valence-corrected chi connectivity index (χ4v) is 2.18. The molecule has 1 saturated heterocycles. The van der Waals surface area contributed by atoms with E-state index in [1.54, 1.807) is 12.1 Å². The van der Waals surface area contributed by atoms with Gasteiger partial charge in [-0.15, -0.1) is 0 Å². The van der Waals surface area contributed by atoms with Crippen LogP contribution < -0.4 is 10.1 Å². The number of carbonyl (C=O) groups is 1. The normalized spacial score (nSPS) is 17.9. The highest BCUT2D eigenvalue weighted by Gasteiger charge is 2.16. The molecule has 0 aromatic heterocycles. The second-order valence-corrected chi connectivity index (χ2v) is 5.07. The molecule has 1 aliphatic heterocycles. The van der Waals surface area contributed by atoms with Crippen LogP contribution in [-0.2, 0) is 4.74 Å². The maximum absolute atomic E-state index is 12.1. The molecule has 0 radical (unpaired) electrons. The number of amides is 1. The van der Waals surface area contributed by atoms with Crippen LogP contribution in [0.2, 0.25) is 0 Å². The van der Waals surface area contributed by atoms with Crippen LogP contribution in [0, 0.1) is 0 Å². The molecule has 0 saturated carbocycles. The van der Waals surface area contributed by atoms with Crippen molar-refractivity contribution in [3.63, 3.8) is 0 Å². The van der Waals surface area contributed by atoms with Gasteiger partial charge in [0.05, 0.1) is 12.7 Å². The zero-order valence-corrected chi connectivity index (χ0v) is 12.1. The van der Waals surface area contributed by atoms with E-state index in [1.165, 1.54) is 0 Å². The molecule has 0 spiro atoms. The Morgan fingerprint density at radius 2 is 2.40 bits per heavy atom. The summed E-state index contributed by atoms with van der Waals surface area (Å²) in [5.41, 5.74) is 0.636. The molecule has 1 heterocycles. The first-order chi connectivity index (χ1) is 9.79. The molecule has 0 aliphatic carbocycles. The Bertz CT molecular complexity index is 427. The number of benzene rings is 1. The summed E-state index contributed by atoms with van der Waals surface area (Å²) < 4.78 is 11.1. The van der Waals surface area contributed by atoms with Crippen LogP contribution in [0.15, 0.2) is 24.3 Å². The van der Waals surface area contributed by atoms with E-state index in [-0.39, 0.29) is 12.0 Å². The number of ether oxygens (including phenoxy) is 2. The van der Waals surface area contributed by atoms with E-state index >= 15 is 0 Å². The fourth-order valence-electron chi connectivity index (χ4n) is 2.18. The van der Waals surface area contributed by atoms with E-state index in [4.69, 9.17) is 9.47 Å². The Balaban J connectivity index is 1.83. The number of unbranched alkanes of at least 4 members (excludes halogenated alkanes) is 1. The van der Waals surface area contributed by atoms with Crippen LogP contribution in [0.1, 0.15) is 43.0 Å². The van der Waals surface area contributed by atoms with Gasteiger partial charge in [-0.2, -0.15) is 0 Å². The third-order valence-corrected chi connectivity index (χ3v) is 3.38. The molecule has 20 heavy (non-hydrogen) atoms. The lowest BCUT2D eigenvalue weighted by Gasteiger charge is -2.11. The molecule has 1 N–H and O–H groups in total. The summed E-state index contributed by atoms with van der Waals surface area (Å²) in [6.07, 6.45) is 4.40. The van der Waals surface area contributed by atoms with Crippen LogP contribution in [0.4, 0.5) is 0 Å². The minimum atomic E-state index is -0.0681. The van der Waals surface area contributed by atoms with Gasteiger partial charge >= 0.3 is 0 Å². The van der Waals surface area contributed by atoms with Crippen molar-refractivity contribution in [2.24, 2.45) is 0 Å². The molecule has 4 nitrogen and oxygen atoms in total. The van der Waals surface area contributed by atoms with Crippen LogP contribution in [0.3, 0.4) is 0 Å². The van der Waals surface area contributed by atoms with Crippen LogP contribution >= 0.6 is 0 Å². The summed E-state index contributed by atoms with van der Waals surface area (Å²) in [6, 6.07) is 7.33. The number of nitrogens with one attached hydrogen (secondary N) is 1. The highest BCUT2D eigenvalue weighted by atomic mass is 16.5. The second kappa shape index (κ2) is 7.90. The topological polar surface area (TPSA) is 47.6 Å². The van der Waals surface area contributed by atoms with E-state index < -0.39 is 0 Å². The summed E-state index contributed by atoms with van der Waals surface area (Å²) in [4.78, 5) is 12.1. The summed E-state index contributed by atoms with van der Waals surface area (Å²) >= 11 is 0. The first kappa shape index (κ1) is 14.9. The molecule has 4 heteroatoms. The monoisotopic (exact) mass is 277 g/mol. The lowest BCUT2D eigenvalue weighted by molar-refractivity contribution is 0.0857. The largest absolute Gasteiger partial charge is 0.494 e. The van der Waals surface area contributed by atoms with Crippen LogP contribution in [0.25, 0.3) is 0 Å². The molecule has 1 aliphatic rings. The van der Waals surface area contributed by atoms with Gasteiger partial charge in [0.25, 0.3) is 5.91 Å². The molecule has 110 valence electrons. The third-order valence-electron chi connectivity index (χ3n) is 3.38. The minimum Gasteiger partial charge on any atom is -0.494 e. The summed E-state index contributed by atoms with van der Waals surface area (Å²) in [5.74, 6) is 0.685. The average molecular weight is 277 g/mol. The van der Waals surface area contributed by atoms with Gasteiger partial charge in [-0.25, -0.2) is 0 Å². The molecule has 0 bridgehead atoms. The van der Waals surface area contributed by atoms with Crippen molar-refractivity contribution in [3.8, 4) is 5.75 Å². The van der Waals surface area contributed by atoms with Gasteiger partial charge < -0.3 is 14.8 Å². The molecule has 1 fully saturated rings.